The molecule has 1 saturated heterocycles. The van der Waals surface area contributed by atoms with E-state index in [4.69, 9.17) is 10.5 Å². The molecule has 1 aromatic heterocycles. The van der Waals surface area contributed by atoms with Gasteiger partial charge in [-0.3, -0.25) is 10.1 Å². The van der Waals surface area contributed by atoms with Crippen LogP contribution >= 0.6 is 0 Å². The minimum Gasteiger partial charge on any atom is -0.373 e. The van der Waals surface area contributed by atoms with Crippen molar-refractivity contribution in [2.45, 2.75) is 6.10 Å². The molecule has 0 bridgehead atoms. The van der Waals surface area contributed by atoms with Crippen molar-refractivity contribution in [3.63, 3.8) is 0 Å². The van der Waals surface area contributed by atoms with Crippen molar-refractivity contribution in [2.75, 3.05) is 31.1 Å². The number of hydrogen-bond acceptors (Lipinski definition) is 6. The number of ether oxygens (including phenoxy) is 1. The van der Waals surface area contributed by atoms with Gasteiger partial charge in [-0.05, 0) is 6.07 Å². The van der Waals surface area contributed by atoms with Crippen LogP contribution < -0.4 is 10.6 Å². The molecule has 1 atom stereocenters. The van der Waals surface area contributed by atoms with Crippen molar-refractivity contribution in [1.82, 2.24) is 4.98 Å². The Kier molecular flexibility index (Phi) is 3.50. The van der Waals surface area contributed by atoms with Gasteiger partial charge in [0.15, 0.2) is 0 Å². The largest absolute Gasteiger partial charge is 0.373 e. The monoisotopic (exact) mass is 238 g/mol. The van der Waals surface area contributed by atoms with Crippen LogP contribution in [0.2, 0.25) is 0 Å². The van der Waals surface area contributed by atoms with Gasteiger partial charge in [0, 0.05) is 25.7 Å². The number of anilines is 1. The summed E-state index contributed by atoms with van der Waals surface area (Å²) in [5.74, 6) is 0.720. The summed E-state index contributed by atoms with van der Waals surface area (Å²) in [5.41, 5.74) is 5.54. The van der Waals surface area contributed by atoms with Gasteiger partial charge >= 0.3 is 0 Å². The number of nitro groups is 1. The third kappa shape index (κ3) is 2.69. The van der Waals surface area contributed by atoms with E-state index >= 15 is 0 Å². The molecule has 0 aliphatic carbocycles. The van der Waals surface area contributed by atoms with E-state index in [0.717, 1.165) is 12.4 Å². The predicted molar refractivity (Wildman–Crippen MR) is 61.9 cm³/mol. The lowest BCUT2D eigenvalue weighted by Crippen LogP contribution is -2.46. The van der Waals surface area contributed by atoms with Crippen LogP contribution in [0.4, 0.5) is 11.5 Å². The maximum Gasteiger partial charge on any atom is 0.287 e. The summed E-state index contributed by atoms with van der Waals surface area (Å²) in [6, 6.07) is 3.10. The molecular weight excluding hydrogens is 224 g/mol. The van der Waals surface area contributed by atoms with Gasteiger partial charge < -0.3 is 15.4 Å². The van der Waals surface area contributed by atoms with E-state index in [1.54, 1.807) is 6.07 Å². The Balaban J connectivity index is 2.08. The van der Waals surface area contributed by atoms with Crippen molar-refractivity contribution in [3.05, 3.63) is 28.4 Å². The number of pyridine rings is 1. The molecule has 17 heavy (non-hydrogen) atoms. The van der Waals surface area contributed by atoms with Gasteiger partial charge in [-0.1, -0.05) is 0 Å². The van der Waals surface area contributed by atoms with E-state index in [-0.39, 0.29) is 11.8 Å². The Morgan fingerprint density at radius 1 is 1.65 bits per heavy atom. The fourth-order valence-corrected chi connectivity index (χ4v) is 1.74. The first-order valence-electron chi connectivity index (χ1n) is 5.38. The lowest BCUT2D eigenvalue weighted by Gasteiger charge is -2.33. The second-order valence-electron chi connectivity index (χ2n) is 3.81. The minimum absolute atomic E-state index is 0.000687. The number of aromatic nitrogens is 1. The van der Waals surface area contributed by atoms with Gasteiger partial charge in [0.1, 0.15) is 12.0 Å². The molecule has 7 heteroatoms. The summed E-state index contributed by atoms with van der Waals surface area (Å²) in [6.45, 7) is 2.45. The zero-order chi connectivity index (χ0) is 12.3. The second kappa shape index (κ2) is 5.07. The molecule has 2 N–H and O–H groups in total. The van der Waals surface area contributed by atoms with Gasteiger partial charge in [0.05, 0.1) is 17.6 Å². The molecule has 1 aliphatic heterocycles. The Morgan fingerprint density at radius 3 is 3.06 bits per heavy atom. The molecule has 0 amide bonds. The Morgan fingerprint density at radius 2 is 2.47 bits per heavy atom. The van der Waals surface area contributed by atoms with Gasteiger partial charge in [-0.25, -0.2) is 4.98 Å². The van der Waals surface area contributed by atoms with Gasteiger partial charge in [-0.15, -0.1) is 0 Å². The molecule has 1 aromatic rings. The standard InChI is InChI=1S/C10H14N4O3/c11-5-9-7-13(3-4-17-9)10-2-1-8(6-12-10)14(15)16/h1-2,6,9H,3-5,7,11H2. The van der Waals surface area contributed by atoms with Crippen LogP contribution in [-0.4, -0.2) is 42.3 Å². The molecule has 0 aromatic carbocycles. The summed E-state index contributed by atoms with van der Waals surface area (Å²) in [6.07, 6.45) is 1.27. The number of nitrogens with two attached hydrogens (primary N) is 1. The van der Waals surface area contributed by atoms with Gasteiger partial charge in [-0.2, -0.15) is 0 Å². The summed E-state index contributed by atoms with van der Waals surface area (Å²) < 4.78 is 5.44. The van der Waals surface area contributed by atoms with E-state index < -0.39 is 4.92 Å². The summed E-state index contributed by atoms with van der Waals surface area (Å²) in [5, 5.41) is 10.5. The first-order valence-corrected chi connectivity index (χ1v) is 5.38. The maximum absolute atomic E-state index is 10.5. The molecule has 7 nitrogen and oxygen atoms in total. The van der Waals surface area contributed by atoms with E-state index in [1.807, 2.05) is 4.90 Å². The molecular formula is C10H14N4O3. The molecule has 0 saturated carbocycles. The van der Waals surface area contributed by atoms with Crippen LogP contribution in [0.15, 0.2) is 18.3 Å². The fourth-order valence-electron chi connectivity index (χ4n) is 1.74. The lowest BCUT2D eigenvalue weighted by molar-refractivity contribution is -0.385. The highest BCUT2D eigenvalue weighted by Gasteiger charge is 2.20. The summed E-state index contributed by atoms with van der Waals surface area (Å²) in [4.78, 5) is 16.1. The second-order valence-corrected chi connectivity index (χ2v) is 3.81. The number of morpholine rings is 1. The van der Waals surface area contributed by atoms with Crippen LogP contribution in [0.3, 0.4) is 0 Å². The topological polar surface area (TPSA) is 94.5 Å². The van der Waals surface area contributed by atoms with E-state index in [2.05, 4.69) is 4.98 Å². The predicted octanol–water partition coefficient (Wildman–Crippen LogP) is 0.154. The van der Waals surface area contributed by atoms with E-state index in [1.165, 1.54) is 12.3 Å². The molecule has 1 unspecified atom stereocenters. The molecule has 1 aliphatic rings. The first kappa shape index (κ1) is 11.7. The zero-order valence-corrected chi connectivity index (χ0v) is 9.28. The molecule has 1 fully saturated rings. The zero-order valence-electron chi connectivity index (χ0n) is 9.28. The highest BCUT2D eigenvalue weighted by molar-refractivity contribution is 5.43. The third-order valence-electron chi connectivity index (χ3n) is 2.67. The lowest BCUT2D eigenvalue weighted by atomic mass is 10.2. The molecule has 2 heterocycles. The fraction of sp³-hybridized carbons (Fsp3) is 0.500. The Bertz CT molecular complexity index is 395. The van der Waals surface area contributed by atoms with Crippen molar-refractivity contribution in [2.24, 2.45) is 5.73 Å². The van der Waals surface area contributed by atoms with Crippen molar-refractivity contribution in [1.29, 1.82) is 0 Å². The van der Waals surface area contributed by atoms with E-state index in [9.17, 15) is 10.1 Å². The number of nitrogens with zero attached hydrogens (tertiary/aromatic N) is 3. The summed E-state index contributed by atoms with van der Waals surface area (Å²) in [7, 11) is 0. The summed E-state index contributed by atoms with van der Waals surface area (Å²) >= 11 is 0. The molecule has 0 spiro atoms. The quantitative estimate of drug-likeness (QED) is 0.595. The number of hydrogen-bond donors (Lipinski definition) is 1. The van der Waals surface area contributed by atoms with Crippen LogP contribution in [0, 0.1) is 10.1 Å². The SMILES string of the molecule is NCC1CN(c2ccc([N+](=O)[O-])cn2)CCO1. The van der Waals surface area contributed by atoms with E-state index in [0.29, 0.717) is 19.7 Å². The third-order valence-corrected chi connectivity index (χ3v) is 2.67. The van der Waals surface area contributed by atoms with Crippen molar-refractivity contribution in [3.8, 4) is 0 Å². The Labute approximate surface area is 98.3 Å². The maximum atomic E-state index is 10.5. The smallest absolute Gasteiger partial charge is 0.287 e. The van der Waals surface area contributed by atoms with Crippen molar-refractivity contribution >= 4 is 11.5 Å². The molecule has 92 valence electrons. The van der Waals surface area contributed by atoms with Crippen LogP contribution in [0.5, 0.6) is 0 Å². The van der Waals surface area contributed by atoms with Gasteiger partial charge in [0.2, 0.25) is 0 Å². The van der Waals surface area contributed by atoms with Crippen LogP contribution in [0.1, 0.15) is 0 Å². The van der Waals surface area contributed by atoms with Crippen molar-refractivity contribution < 1.29 is 9.66 Å². The Hall–Kier alpha value is -1.73. The van der Waals surface area contributed by atoms with Crippen LogP contribution in [-0.2, 0) is 4.74 Å². The number of rotatable bonds is 3. The highest BCUT2D eigenvalue weighted by Crippen LogP contribution is 2.17. The average Bonchev–Trinajstić information content (AvgIpc) is 2.39. The highest BCUT2D eigenvalue weighted by atomic mass is 16.6. The average molecular weight is 238 g/mol. The minimum atomic E-state index is -0.460. The van der Waals surface area contributed by atoms with Crippen LogP contribution in [0.25, 0.3) is 0 Å². The first-order chi connectivity index (χ1) is 8.20. The molecule has 0 radical (unpaired) electrons. The normalized spacial score (nSPS) is 20.3. The molecule has 2 rings (SSSR count). The van der Waals surface area contributed by atoms with Gasteiger partial charge in [0.25, 0.3) is 5.69 Å².